The minimum atomic E-state index is -0.328. The number of ether oxygens (including phenoxy) is 1. The standard InChI is InChI=1S/C18H22O3/c1-2-21-18(20)11-10-14-6-5-7-15(12-14)13-16-8-3-4-9-17(16)19/h5-7,10-12,16H,2-4,8-9,13H2,1H3/b11-10+. The van der Waals surface area contributed by atoms with Gasteiger partial charge in [-0.2, -0.15) is 0 Å². The van der Waals surface area contributed by atoms with Crippen molar-refractivity contribution in [3.05, 3.63) is 41.5 Å². The lowest BCUT2D eigenvalue weighted by Crippen LogP contribution is -2.21. The molecule has 1 aromatic rings. The Morgan fingerprint density at radius 3 is 3.00 bits per heavy atom. The molecule has 1 aliphatic rings. The van der Waals surface area contributed by atoms with Gasteiger partial charge in [-0.05, 0) is 43.4 Å². The first-order valence-corrected chi connectivity index (χ1v) is 7.65. The summed E-state index contributed by atoms with van der Waals surface area (Å²) < 4.78 is 4.86. The summed E-state index contributed by atoms with van der Waals surface area (Å²) in [6.45, 7) is 2.17. The molecule has 1 aromatic carbocycles. The molecule has 112 valence electrons. The Kier molecular flexibility index (Phi) is 5.73. The minimum Gasteiger partial charge on any atom is -0.463 e. The highest BCUT2D eigenvalue weighted by Gasteiger charge is 2.22. The van der Waals surface area contributed by atoms with E-state index in [2.05, 4.69) is 0 Å². The van der Waals surface area contributed by atoms with Crippen LogP contribution in [-0.4, -0.2) is 18.4 Å². The number of hydrogen-bond donors (Lipinski definition) is 0. The van der Waals surface area contributed by atoms with E-state index in [4.69, 9.17) is 4.74 Å². The van der Waals surface area contributed by atoms with E-state index in [1.54, 1.807) is 13.0 Å². The molecule has 21 heavy (non-hydrogen) atoms. The first-order chi connectivity index (χ1) is 10.2. The first-order valence-electron chi connectivity index (χ1n) is 7.65. The van der Waals surface area contributed by atoms with Crippen LogP contribution in [0.5, 0.6) is 0 Å². The van der Waals surface area contributed by atoms with Gasteiger partial charge in [0.1, 0.15) is 5.78 Å². The quantitative estimate of drug-likeness (QED) is 0.614. The van der Waals surface area contributed by atoms with Crippen molar-refractivity contribution >= 4 is 17.8 Å². The lowest BCUT2D eigenvalue weighted by Gasteiger charge is -2.20. The highest BCUT2D eigenvalue weighted by molar-refractivity contribution is 5.87. The Balaban J connectivity index is 2.00. The van der Waals surface area contributed by atoms with Crippen LogP contribution in [0.1, 0.15) is 43.7 Å². The third kappa shape index (κ3) is 4.85. The summed E-state index contributed by atoms with van der Waals surface area (Å²) >= 11 is 0. The Morgan fingerprint density at radius 2 is 2.24 bits per heavy atom. The lowest BCUT2D eigenvalue weighted by molar-refractivity contribution is -0.137. The SMILES string of the molecule is CCOC(=O)/C=C/c1cccc(CC2CCCCC2=O)c1. The van der Waals surface area contributed by atoms with Crippen molar-refractivity contribution in [2.24, 2.45) is 5.92 Å². The van der Waals surface area contributed by atoms with Crippen LogP contribution in [0.2, 0.25) is 0 Å². The topological polar surface area (TPSA) is 43.4 Å². The normalized spacial score (nSPS) is 18.9. The number of carbonyl (C=O) groups is 2. The molecule has 2 rings (SSSR count). The molecule has 0 radical (unpaired) electrons. The largest absolute Gasteiger partial charge is 0.463 e. The van der Waals surface area contributed by atoms with E-state index in [-0.39, 0.29) is 11.9 Å². The van der Waals surface area contributed by atoms with E-state index >= 15 is 0 Å². The van der Waals surface area contributed by atoms with E-state index in [1.165, 1.54) is 6.08 Å². The molecule has 0 spiro atoms. The molecule has 0 saturated heterocycles. The predicted octanol–water partition coefficient (Wildman–Crippen LogP) is 3.56. The number of rotatable bonds is 5. The third-order valence-electron chi connectivity index (χ3n) is 3.81. The van der Waals surface area contributed by atoms with Crippen molar-refractivity contribution in [3.8, 4) is 0 Å². The molecule has 0 heterocycles. The van der Waals surface area contributed by atoms with Crippen molar-refractivity contribution in [1.82, 2.24) is 0 Å². The summed E-state index contributed by atoms with van der Waals surface area (Å²) in [4.78, 5) is 23.2. The van der Waals surface area contributed by atoms with Gasteiger partial charge in [0.05, 0.1) is 6.61 Å². The molecular formula is C18H22O3. The highest BCUT2D eigenvalue weighted by atomic mass is 16.5. The molecule has 0 bridgehead atoms. The van der Waals surface area contributed by atoms with Crippen LogP contribution < -0.4 is 0 Å². The number of esters is 1. The van der Waals surface area contributed by atoms with Crippen molar-refractivity contribution < 1.29 is 14.3 Å². The third-order valence-corrected chi connectivity index (χ3v) is 3.81. The second-order valence-corrected chi connectivity index (χ2v) is 5.44. The second kappa shape index (κ2) is 7.77. The number of Topliss-reactive ketones (excluding diaryl/α,β-unsaturated/α-hetero) is 1. The van der Waals surface area contributed by atoms with Gasteiger partial charge in [0.25, 0.3) is 0 Å². The Bertz CT molecular complexity index is 531. The zero-order valence-corrected chi connectivity index (χ0v) is 12.5. The summed E-state index contributed by atoms with van der Waals surface area (Å²) in [6.07, 6.45) is 7.92. The van der Waals surface area contributed by atoms with Crippen molar-refractivity contribution in [3.63, 3.8) is 0 Å². The average molecular weight is 286 g/mol. The molecule has 1 atom stereocenters. The van der Waals surface area contributed by atoms with E-state index in [0.29, 0.717) is 12.4 Å². The van der Waals surface area contributed by atoms with Crippen molar-refractivity contribution in [2.75, 3.05) is 6.61 Å². The fourth-order valence-corrected chi connectivity index (χ4v) is 2.73. The minimum absolute atomic E-state index is 0.169. The first kappa shape index (κ1) is 15.5. The van der Waals surface area contributed by atoms with Gasteiger partial charge in [-0.3, -0.25) is 4.79 Å². The monoisotopic (exact) mass is 286 g/mol. The Morgan fingerprint density at radius 1 is 1.38 bits per heavy atom. The molecular weight excluding hydrogens is 264 g/mol. The molecule has 0 N–H and O–H groups in total. The maximum Gasteiger partial charge on any atom is 0.330 e. The summed E-state index contributed by atoms with van der Waals surface area (Å²) in [5.74, 6) is 0.238. The zero-order valence-electron chi connectivity index (χ0n) is 12.5. The van der Waals surface area contributed by atoms with Crippen LogP contribution in [0.4, 0.5) is 0 Å². The fourth-order valence-electron chi connectivity index (χ4n) is 2.73. The number of benzene rings is 1. The van der Waals surface area contributed by atoms with Gasteiger partial charge in [-0.15, -0.1) is 0 Å². The molecule has 1 saturated carbocycles. The van der Waals surface area contributed by atoms with E-state index in [9.17, 15) is 9.59 Å². The molecule has 1 fully saturated rings. The van der Waals surface area contributed by atoms with E-state index in [1.807, 2.05) is 24.3 Å². The van der Waals surface area contributed by atoms with Crippen LogP contribution >= 0.6 is 0 Å². The summed E-state index contributed by atoms with van der Waals surface area (Å²) in [7, 11) is 0. The zero-order chi connectivity index (χ0) is 15.1. The predicted molar refractivity (Wildman–Crippen MR) is 82.8 cm³/mol. The number of hydrogen-bond acceptors (Lipinski definition) is 3. The molecule has 0 aromatic heterocycles. The van der Waals surface area contributed by atoms with Gasteiger partial charge in [-0.25, -0.2) is 4.79 Å². The van der Waals surface area contributed by atoms with Crippen molar-refractivity contribution in [2.45, 2.75) is 39.0 Å². The van der Waals surface area contributed by atoms with Gasteiger partial charge in [-0.1, -0.05) is 30.7 Å². The molecule has 3 nitrogen and oxygen atoms in total. The molecule has 3 heteroatoms. The molecule has 1 unspecified atom stereocenters. The van der Waals surface area contributed by atoms with E-state index in [0.717, 1.165) is 43.2 Å². The van der Waals surface area contributed by atoms with Crippen LogP contribution in [0.3, 0.4) is 0 Å². The van der Waals surface area contributed by atoms with Crippen molar-refractivity contribution in [1.29, 1.82) is 0 Å². The Hall–Kier alpha value is -1.90. The van der Waals surface area contributed by atoms with Gasteiger partial charge in [0.15, 0.2) is 0 Å². The van der Waals surface area contributed by atoms with Gasteiger partial charge < -0.3 is 4.74 Å². The van der Waals surface area contributed by atoms with Gasteiger partial charge in [0.2, 0.25) is 0 Å². The summed E-state index contributed by atoms with van der Waals surface area (Å²) in [5, 5.41) is 0. The average Bonchev–Trinajstić information content (AvgIpc) is 2.48. The van der Waals surface area contributed by atoms with Crippen LogP contribution in [-0.2, 0) is 20.7 Å². The highest BCUT2D eigenvalue weighted by Crippen LogP contribution is 2.24. The maximum atomic E-state index is 11.9. The van der Waals surface area contributed by atoms with Gasteiger partial charge in [0, 0.05) is 18.4 Å². The smallest absolute Gasteiger partial charge is 0.330 e. The Labute approximate surface area is 126 Å². The number of carbonyl (C=O) groups excluding carboxylic acids is 2. The van der Waals surface area contributed by atoms with E-state index < -0.39 is 0 Å². The van der Waals surface area contributed by atoms with Crippen LogP contribution in [0.25, 0.3) is 6.08 Å². The fraction of sp³-hybridized carbons (Fsp3) is 0.444. The maximum absolute atomic E-state index is 11.9. The lowest BCUT2D eigenvalue weighted by atomic mass is 9.83. The van der Waals surface area contributed by atoms with Gasteiger partial charge >= 0.3 is 5.97 Å². The summed E-state index contributed by atoms with van der Waals surface area (Å²) in [5.41, 5.74) is 2.12. The second-order valence-electron chi connectivity index (χ2n) is 5.44. The van der Waals surface area contributed by atoms with Crippen LogP contribution in [0.15, 0.2) is 30.3 Å². The molecule has 1 aliphatic carbocycles. The van der Waals surface area contributed by atoms with Crippen LogP contribution in [0, 0.1) is 5.92 Å². The number of ketones is 1. The summed E-state index contributed by atoms with van der Waals surface area (Å²) in [6, 6.07) is 8.00. The molecule has 0 amide bonds. The molecule has 0 aliphatic heterocycles.